The fraction of sp³-hybridized carbons (Fsp3) is 0.583. The van der Waals surface area contributed by atoms with E-state index in [1.807, 2.05) is 12.3 Å². The molecule has 0 aliphatic heterocycles. The molecule has 2 heteroatoms. The van der Waals surface area contributed by atoms with Crippen molar-refractivity contribution in [3.8, 4) is 0 Å². The van der Waals surface area contributed by atoms with E-state index >= 15 is 0 Å². The van der Waals surface area contributed by atoms with E-state index in [9.17, 15) is 0 Å². The summed E-state index contributed by atoms with van der Waals surface area (Å²) in [6.45, 7) is 2.88. The fourth-order valence-electron chi connectivity index (χ4n) is 1.53. The summed E-state index contributed by atoms with van der Waals surface area (Å²) < 4.78 is 0. The smallest absolute Gasteiger partial charge is 0.0435 e. The van der Waals surface area contributed by atoms with Crippen molar-refractivity contribution in [3.05, 3.63) is 29.6 Å². The lowest BCUT2D eigenvalue weighted by molar-refractivity contribution is 0.668. The van der Waals surface area contributed by atoms with Gasteiger partial charge in [-0.3, -0.25) is 4.98 Å². The summed E-state index contributed by atoms with van der Waals surface area (Å²) in [5.41, 5.74) is 7.82. The molecule has 0 saturated carbocycles. The van der Waals surface area contributed by atoms with Crippen molar-refractivity contribution in [1.29, 1.82) is 0 Å². The molecule has 1 aromatic rings. The Morgan fingerprint density at radius 2 is 2.07 bits per heavy atom. The van der Waals surface area contributed by atoms with Gasteiger partial charge >= 0.3 is 0 Å². The van der Waals surface area contributed by atoms with Gasteiger partial charge in [-0.05, 0) is 50.3 Å². The third-order valence-corrected chi connectivity index (χ3v) is 2.38. The molecule has 0 amide bonds. The van der Waals surface area contributed by atoms with Crippen LogP contribution in [0.4, 0.5) is 0 Å². The predicted octanol–water partition coefficient (Wildman–Crippen LogP) is 2.32. The molecule has 0 unspecified atom stereocenters. The summed E-state index contributed by atoms with van der Waals surface area (Å²) in [7, 11) is 0. The number of aromatic nitrogens is 1. The molecule has 0 aromatic carbocycles. The minimum atomic E-state index is 0.819. The molecule has 1 aliphatic rings. The van der Waals surface area contributed by atoms with Crippen LogP contribution in [0.25, 0.3) is 0 Å². The second kappa shape index (κ2) is 6.55. The highest BCUT2D eigenvalue weighted by atomic mass is 14.7. The first-order valence-corrected chi connectivity index (χ1v) is 5.51. The lowest BCUT2D eigenvalue weighted by atomic mass is 9.96. The fourth-order valence-corrected chi connectivity index (χ4v) is 1.53. The van der Waals surface area contributed by atoms with Gasteiger partial charge in [0.15, 0.2) is 0 Å². The predicted molar refractivity (Wildman–Crippen MR) is 60.2 cm³/mol. The van der Waals surface area contributed by atoms with Gasteiger partial charge < -0.3 is 5.73 Å². The van der Waals surface area contributed by atoms with E-state index < -0.39 is 0 Å². The van der Waals surface area contributed by atoms with Gasteiger partial charge in [0.2, 0.25) is 0 Å². The molecule has 0 radical (unpaired) electrons. The molecule has 0 spiro atoms. The Morgan fingerprint density at radius 1 is 1.36 bits per heavy atom. The molecular weight excluding hydrogens is 172 g/mol. The molecule has 2 nitrogen and oxygen atoms in total. The first-order chi connectivity index (χ1) is 6.88. The quantitative estimate of drug-likeness (QED) is 0.741. The molecule has 1 aliphatic carbocycles. The van der Waals surface area contributed by atoms with Crippen LogP contribution in [0.15, 0.2) is 18.3 Å². The Kier molecular flexibility index (Phi) is 5.23. The van der Waals surface area contributed by atoms with E-state index in [1.165, 1.54) is 36.9 Å². The molecule has 0 saturated heterocycles. The lowest BCUT2D eigenvalue weighted by Gasteiger charge is -2.12. The monoisotopic (exact) mass is 192 g/mol. The van der Waals surface area contributed by atoms with Crippen molar-refractivity contribution in [1.82, 2.24) is 4.98 Å². The van der Waals surface area contributed by atoms with Crippen molar-refractivity contribution >= 4 is 0 Å². The summed E-state index contributed by atoms with van der Waals surface area (Å²) in [4.78, 5) is 4.32. The van der Waals surface area contributed by atoms with Crippen molar-refractivity contribution in [3.63, 3.8) is 0 Å². The van der Waals surface area contributed by atoms with Gasteiger partial charge in [-0.1, -0.05) is 13.0 Å². The van der Waals surface area contributed by atoms with E-state index in [-0.39, 0.29) is 0 Å². The van der Waals surface area contributed by atoms with Crippen LogP contribution in [0.2, 0.25) is 0 Å². The number of fused-ring (bicyclic) bond motifs is 1. The maximum Gasteiger partial charge on any atom is 0.0435 e. The van der Waals surface area contributed by atoms with Crippen molar-refractivity contribution in [2.75, 3.05) is 6.54 Å². The largest absolute Gasteiger partial charge is 0.330 e. The molecule has 1 heterocycles. The van der Waals surface area contributed by atoms with Crippen LogP contribution in [-0.2, 0) is 12.8 Å². The van der Waals surface area contributed by atoms with Crippen LogP contribution >= 0.6 is 0 Å². The zero-order valence-corrected chi connectivity index (χ0v) is 9.00. The van der Waals surface area contributed by atoms with Crippen molar-refractivity contribution in [2.45, 2.75) is 39.0 Å². The van der Waals surface area contributed by atoms with Crippen molar-refractivity contribution < 1.29 is 0 Å². The third kappa shape index (κ3) is 3.46. The maximum atomic E-state index is 5.03. The molecule has 0 bridgehead atoms. The van der Waals surface area contributed by atoms with E-state index in [2.05, 4.69) is 18.0 Å². The van der Waals surface area contributed by atoms with E-state index in [0.29, 0.717) is 0 Å². The van der Waals surface area contributed by atoms with Crippen LogP contribution < -0.4 is 5.73 Å². The summed E-state index contributed by atoms with van der Waals surface area (Å²) in [5.74, 6) is 0. The summed E-state index contributed by atoms with van der Waals surface area (Å²) in [6.07, 6.45) is 8.09. The minimum Gasteiger partial charge on any atom is -0.330 e. The molecular formula is C12H20N2. The summed E-state index contributed by atoms with van der Waals surface area (Å²) in [5, 5.41) is 0. The number of rotatable bonds is 1. The highest BCUT2D eigenvalue weighted by Crippen LogP contribution is 2.17. The number of nitrogens with two attached hydrogens (primary N) is 1. The minimum absolute atomic E-state index is 0.819. The average molecular weight is 192 g/mol. The maximum absolute atomic E-state index is 5.03. The number of pyridine rings is 1. The first-order valence-electron chi connectivity index (χ1n) is 5.51. The van der Waals surface area contributed by atoms with Gasteiger partial charge in [0.25, 0.3) is 0 Å². The third-order valence-electron chi connectivity index (χ3n) is 2.38. The Balaban J connectivity index is 0.000000213. The lowest BCUT2D eigenvalue weighted by Crippen LogP contribution is -2.03. The number of nitrogens with zero attached hydrogens (tertiary/aromatic N) is 1. The van der Waals surface area contributed by atoms with E-state index in [4.69, 9.17) is 5.73 Å². The summed E-state index contributed by atoms with van der Waals surface area (Å²) >= 11 is 0. The zero-order chi connectivity index (χ0) is 10.2. The number of hydrogen-bond donors (Lipinski definition) is 1. The second-order valence-electron chi connectivity index (χ2n) is 3.61. The Morgan fingerprint density at radius 3 is 2.71 bits per heavy atom. The zero-order valence-electron chi connectivity index (χ0n) is 9.00. The molecule has 14 heavy (non-hydrogen) atoms. The normalized spacial score (nSPS) is 13.9. The van der Waals surface area contributed by atoms with Gasteiger partial charge in [-0.25, -0.2) is 0 Å². The van der Waals surface area contributed by atoms with Gasteiger partial charge in [0, 0.05) is 11.9 Å². The Bertz CT molecular complexity index is 231. The summed E-state index contributed by atoms with van der Waals surface area (Å²) in [6, 6.07) is 4.23. The second-order valence-corrected chi connectivity index (χ2v) is 3.61. The molecule has 1 aromatic heterocycles. The van der Waals surface area contributed by atoms with Gasteiger partial charge in [-0.2, -0.15) is 0 Å². The molecule has 2 rings (SSSR count). The van der Waals surface area contributed by atoms with Gasteiger partial charge in [0.1, 0.15) is 0 Å². The van der Waals surface area contributed by atoms with Gasteiger partial charge in [0.05, 0.1) is 0 Å². The molecule has 2 N–H and O–H groups in total. The van der Waals surface area contributed by atoms with Crippen LogP contribution in [0.3, 0.4) is 0 Å². The molecule has 0 fully saturated rings. The Labute approximate surface area is 86.5 Å². The van der Waals surface area contributed by atoms with Crippen molar-refractivity contribution in [2.24, 2.45) is 5.73 Å². The van der Waals surface area contributed by atoms with Crippen LogP contribution in [-0.4, -0.2) is 11.5 Å². The standard InChI is InChI=1S/C9H11N.C3H9N/c1-2-6-9-8(4-1)5-3-7-10-9;1-2-3-4/h3,5,7H,1-2,4,6H2;2-4H2,1H3. The van der Waals surface area contributed by atoms with Crippen LogP contribution in [0.1, 0.15) is 37.4 Å². The van der Waals surface area contributed by atoms with Gasteiger partial charge in [-0.15, -0.1) is 0 Å². The van der Waals surface area contributed by atoms with Crippen LogP contribution in [0.5, 0.6) is 0 Å². The number of hydrogen-bond acceptors (Lipinski definition) is 2. The topological polar surface area (TPSA) is 38.9 Å². The Hall–Kier alpha value is -0.890. The molecule has 0 atom stereocenters. The van der Waals surface area contributed by atoms with E-state index in [0.717, 1.165) is 13.0 Å². The van der Waals surface area contributed by atoms with E-state index in [1.54, 1.807) is 0 Å². The molecule has 78 valence electrons. The highest BCUT2D eigenvalue weighted by molar-refractivity contribution is 5.21. The number of aryl methyl sites for hydroxylation is 2. The highest BCUT2D eigenvalue weighted by Gasteiger charge is 2.07. The van der Waals surface area contributed by atoms with Crippen LogP contribution in [0, 0.1) is 0 Å². The SMILES string of the molecule is CCCN.c1cnc2c(c1)CCCC2. The average Bonchev–Trinajstić information content (AvgIpc) is 2.30. The first kappa shape index (κ1) is 11.2.